The molecule has 0 aliphatic rings. The SMILES string of the molecule is Cc1cc(O)ccc1/N=C/c1ccc(O)cc1. The number of phenols is 2. The zero-order valence-electron chi connectivity index (χ0n) is 9.46. The second-order valence-corrected chi connectivity index (χ2v) is 3.82. The number of rotatable bonds is 2. The molecule has 0 unspecified atom stereocenters. The van der Waals surface area contributed by atoms with Crippen molar-refractivity contribution in [1.82, 2.24) is 0 Å². The van der Waals surface area contributed by atoms with Gasteiger partial charge in [-0.1, -0.05) is 0 Å². The van der Waals surface area contributed by atoms with Gasteiger partial charge in [0, 0.05) is 6.21 Å². The minimum atomic E-state index is 0.239. The lowest BCUT2D eigenvalue weighted by Gasteiger charge is -2.00. The Hall–Kier alpha value is -2.29. The van der Waals surface area contributed by atoms with Gasteiger partial charge in [-0.3, -0.25) is 4.99 Å². The summed E-state index contributed by atoms with van der Waals surface area (Å²) in [6, 6.07) is 11.8. The molecule has 0 aromatic heterocycles. The van der Waals surface area contributed by atoms with Crippen molar-refractivity contribution >= 4 is 11.9 Å². The quantitative estimate of drug-likeness (QED) is 0.774. The first-order valence-electron chi connectivity index (χ1n) is 5.28. The van der Waals surface area contributed by atoms with E-state index in [1.54, 1.807) is 48.7 Å². The molecule has 0 radical (unpaired) electrons. The molecule has 2 aromatic rings. The third kappa shape index (κ3) is 2.84. The number of aromatic hydroxyl groups is 2. The number of hydrogen-bond acceptors (Lipinski definition) is 3. The maximum atomic E-state index is 9.27. The monoisotopic (exact) mass is 227 g/mol. The molecule has 0 amide bonds. The highest BCUT2D eigenvalue weighted by molar-refractivity contribution is 5.82. The number of nitrogens with zero attached hydrogens (tertiary/aromatic N) is 1. The second-order valence-electron chi connectivity index (χ2n) is 3.82. The van der Waals surface area contributed by atoms with Gasteiger partial charge in [-0.2, -0.15) is 0 Å². The van der Waals surface area contributed by atoms with E-state index in [0.29, 0.717) is 0 Å². The van der Waals surface area contributed by atoms with Crippen molar-refractivity contribution < 1.29 is 10.2 Å². The van der Waals surface area contributed by atoms with Gasteiger partial charge in [-0.25, -0.2) is 0 Å². The first-order chi connectivity index (χ1) is 8.15. The first kappa shape index (κ1) is 11.2. The van der Waals surface area contributed by atoms with E-state index >= 15 is 0 Å². The normalized spacial score (nSPS) is 10.9. The van der Waals surface area contributed by atoms with Crippen LogP contribution in [0.2, 0.25) is 0 Å². The number of aliphatic imine (C=N–C) groups is 1. The molecule has 3 nitrogen and oxygen atoms in total. The Morgan fingerprint density at radius 3 is 2.24 bits per heavy atom. The minimum Gasteiger partial charge on any atom is -0.508 e. The lowest BCUT2D eigenvalue weighted by atomic mass is 10.2. The van der Waals surface area contributed by atoms with E-state index in [1.807, 2.05) is 6.92 Å². The van der Waals surface area contributed by atoms with Gasteiger partial charge in [-0.05, 0) is 60.5 Å². The molecule has 86 valence electrons. The minimum absolute atomic E-state index is 0.239. The van der Waals surface area contributed by atoms with Crippen LogP contribution >= 0.6 is 0 Å². The van der Waals surface area contributed by atoms with Crippen LogP contribution in [0, 0.1) is 6.92 Å². The molecule has 0 bridgehead atoms. The molecule has 0 fully saturated rings. The first-order valence-corrected chi connectivity index (χ1v) is 5.28. The number of hydrogen-bond donors (Lipinski definition) is 2. The molecule has 0 saturated carbocycles. The Balaban J connectivity index is 2.23. The van der Waals surface area contributed by atoms with Crippen LogP contribution in [-0.4, -0.2) is 16.4 Å². The molecule has 2 aromatic carbocycles. The fourth-order valence-corrected chi connectivity index (χ4v) is 1.49. The highest BCUT2D eigenvalue weighted by atomic mass is 16.3. The molecule has 0 aliphatic carbocycles. The van der Waals surface area contributed by atoms with Crippen molar-refractivity contribution in [1.29, 1.82) is 0 Å². The Labute approximate surface area is 99.7 Å². The summed E-state index contributed by atoms with van der Waals surface area (Å²) in [5.41, 5.74) is 2.64. The Bertz CT molecular complexity index is 545. The summed E-state index contributed by atoms with van der Waals surface area (Å²) in [5, 5.41) is 18.4. The van der Waals surface area contributed by atoms with Crippen LogP contribution in [0.15, 0.2) is 47.5 Å². The number of phenolic OH excluding ortho intramolecular Hbond substituents is 2. The van der Waals surface area contributed by atoms with Crippen LogP contribution in [0.1, 0.15) is 11.1 Å². The predicted molar refractivity (Wildman–Crippen MR) is 68.2 cm³/mol. The molecule has 2 N–H and O–H groups in total. The van der Waals surface area contributed by atoms with Gasteiger partial charge in [0.25, 0.3) is 0 Å². The van der Waals surface area contributed by atoms with Crippen molar-refractivity contribution in [3.05, 3.63) is 53.6 Å². The third-order valence-corrected chi connectivity index (χ3v) is 2.43. The lowest BCUT2D eigenvalue weighted by molar-refractivity contribution is 0.474. The van der Waals surface area contributed by atoms with E-state index in [-0.39, 0.29) is 11.5 Å². The van der Waals surface area contributed by atoms with Gasteiger partial charge >= 0.3 is 0 Å². The summed E-state index contributed by atoms with van der Waals surface area (Å²) in [6.07, 6.45) is 1.72. The van der Waals surface area contributed by atoms with E-state index in [2.05, 4.69) is 4.99 Å². The number of benzene rings is 2. The molecular weight excluding hydrogens is 214 g/mol. The van der Waals surface area contributed by atoms with Gasteiger partial charge in [0.15, 0.2) is 0 Å². The predicted octanol–water partition coefficient (Wildman–Crippen LogP) is 3.16. The molecular formula is C14H13NO2. The zero-order chi connectivity index (χ0) is 12.3. The van der Waals surface area contributed by atoms with Gasteiger partial charge in [-0.15, -0.1) is 0 Å². The Kier molecular flexibility index (Phi) is 3.10. The highest BCUT2D eigenvalue weighted by Crippen LogP contribution is 2.22. The summed E-state index contributed by atoms with van der Waals surface area (Å²) in [7, 11) is 0. The highest BCUT2D eigenvalue weighted by Gasteiger charge is 1.96. The van der Waals surface area contributed by atoms with Crippen LogP contribution in [0.5, 0.6) is 11.5 Å². The van der Waals surface area contributed by atoms with E-state index in [0.717, 1.165) is 16.8 Å². The number of aryl methyl sites for hydroxylation is 1. The summed E-state index contributed by atoms with van der Waals surface area (Å²) in [6.45, 7) is 1.89. The van der Waals surface area contributed by atoms with Gasteiger partial charge in [0.05, 0.1) is 5.69 Å². The summed E-state index contributed by atoms with van der Waals surface area (Å²) < 4.78 is 0. The average Bonchev–Trinajstić information content (AvgIpc) is 2.30. The molecule has 0 heterocycles. The van der Waals surface area contributed by atoms with Gasteiger partial charge in [0.1, 0.15) is 11.5 Å². The molecule has 0 saturated heterocycles. The van der Waals surface area contributed by atoms with Crippen LogP contribution < -0.4 is 0 Å². The molecule has 0 atom stereocenters. The zero-order valence-corrected chi connectivity index (χ0v) is 9.46. The molecule has 0 aliphatic heterocycles. The summed E-state index contributed by atoms with van der Waals surface area (Å²) in [4.78, 5) is 4.33. The van der Waals surface area contributed by atoms with Gasteiger partial charge < -0.3 is 10.2 Å². The van der Waals surface area contributed by atoms with E-state index in [1.165, 1.54) is 0 Å². The van der Waals surface area contributed by atoms with E-state index < -0.39 is 0 Å². The van der Waals surface area contributed by atoms with Crippen molar-refractivity contribution in [2.24, 2.45) is 4.99 Å². The Morgan fingerprint density at radius 2 is 1.59 bits per heavy atom. The molecule has 2 rings (SSSR count). The standard InChI is InChI=1S/C14H13NO2/c1-10-8-13(17)6-7-14(10)15-9-11-2-4-12(16)5-3-11/h2-9,16-17H,1H3/b15-9+. The van der Waals surface area contributed by atoms with Gasteiger partial charge in [0.2, 0.25) is 0 Å². The van der Waals surface area contributed by atoms with Crippen LogP contribution in [-0.2, 0) is 0 Å². The van der Waals surface area contributed by atoms with Crippen LogP contribution in [0.4, 0.5) is 5.69 Å². The van der Waals surface area contributed by atoms with Crippen LogP contribution in [0.3, 0.4) is 0 Å². The van der Waals surface area contributed by atoms with Crippen molar-refractivity contribution in [3.8, 4) is 11.5 Å². The second kappa shape index (κ2) is 4.70. The van der Waals surface area contributed by atoms with Crippen molar-refractivity contribution in [2.75, 3.05) is 0 Å². The van der Waals surface area contributed by atoms with E-state index in [9.17, 15) is 5.11 Å². The summed E-state index contributed by atoms with van der Waals surface area (Å²) >= 11 is 0. The summed E-state index contributed by atoms with van der Waals surface area (Å²) in [5.74, 6) is 0.481. The fraction of sp³-hybridized carbons (Fsp3) is 0.0714. The topological polar surface area (TPSA) is 52.8 Å². The van der Waals surface area contributed by atoms with Crippen molar-refractivity contribution in [3.63, 3.8) is 0 Å². The molecule has 0 spiro atoms. The molecule has 17 heavy (non-hydrogen) atoms. The fourth-order valence-electron chi connectivity index (χ4n) is 1.49. The van der Waals surface area contributed by atoms with E-state index in [4.69, 9.17) is 5.11 Å². The Morgan fingerprint density at radius 1 is 0.941 bits per heavy atom. The maximum Gasteiger partial charge on any atom is 0.115 e. The largest absolute Gasteiger partial charge is 0.508 e. The van der Waals surface area contributed by atoms with Crippen LogP contribution in [0.25, 0.3) is 0 Å². The maximum absolute atomic E-state index is 9.27. The lowest BCUT2D eigenvalue weighted by Crippen LogP contribution is -1.80. The molecule has 3 heteroatoms. The van der Waals surface area contributed by atoms with Crippen molar-refractivity contribution in [2.45, 2.75) is 6.92 Å². The third-order valence-electron chi connectivity index (χ3n) is 2.43. The average molecular weight is 227 g/mol. The smallest absolute Gasteiger partial charge is 0.115 e.